The zero-order chi connectivity index (χ0) is 22.1. The lowest BCUT2D eigenvalue weighted by atomic mass is 9.67. The third kappa shape index (κ3) is 3.22. The van der Waals surface area contributed by atoms with E-state index in [0.717, 1.165) is 0 Å². The van der Waals surface area contributed by atoms with Gasteiger partial charge in [-0.05, 0) is 33.3 Å². The summed E-state index contributed by atoms with van der Waals surface area (Å²) in [5.41, 5.74) is 5.00. The molecule has 2 aliphatic heterocycles. The van der Waals surface area contributed by atoms with Gasteiger partial charge >= 0.3 is 11.9 Å². The molecule has 1 aromatic rings. The highest BCUT2D eigenvalue weighted by atomic mass is 16.6. The van der Waals surface area contributed by atoms with Crippen LogP contribution in [0.3, 0.4) is 0 Å². The van der Waals surface area contributed by atoms with Crippen molar-refractivity contribution in [2.24, 2.45) is 5.73 Å². The predicted molar refractivity (Wildman–Crippen MR) is 109 cm³/mol. The number of anilines is 1. The first-order valence-corrected chi connectivity index (χ1v) is 9.99. The van der Waals surface area contributed by atoms with E-state index in [1.807, 2.05) is 6.92 Å². The Morgan fingerprint density at radius 3 is 2.50 bits per heavy atom. The summed E-state index contributed by atoms with van der Waals surface area (Å²) in [6.07, 6.45) is 0.483. The van der Waals surface area contributed by atoms with E-state index in [-0.39, 0.29) is 29.4 Å². The highest BCUT2D eigenvalue weighted by Gasteiger charge is 2.62. The first-order valence-electron chi connectivity index (χ1n) is 9.99. The van der Waals surface area contributed by atoms with E-state index in [0.29, 0.717) is 24.1 Å². The minimum atomic E-state index is -1.82. The quantitative estimate of drug-likeness (QED) is 0.687. The van der Waals surface area contributed by atoms with Crippen LogP contribution in [0.5, 0.6) is 0 Å². The van der Waals surface area contributed by atoms with Crippen molar-refractivity contribution in [3.05, 3.63) is 52.6 Å². The van der Waals surface area contributed by atoms with Gasteiger partial charge in [-0.15, -0.1) is 0 Å². The molecule has 1 spiro atoms. The molecule has 0 unspecified atom stereocenters. The highest BCUT2D eigenvalue weighted by molar-refractivity contribution is 6.21. The van der Waals surface area contributed by atoms with Crippen molar-refractivity contribution in [2.45, 2.75) is 52.1 Å². The number of esters is 2. The van der Waals surface area contributed by atoms with Crippen LogP contribution < -0.4 is 11.1 Å². The van der Waals surface area contributed by atoms with Gasteiger partial charge in [-0.1, -0.05) is 25.1 Å². The Morgan fingerprint density at radius 2 is 1.87 bits per heavy atom. The molecule has 2 heterocycles. The van der Waals surface area contributed by atoms with Gasteiger partial charge in [0, 0.05) is 17.7 Å². The topological polar surface area (TPSA) is 117 Å². The van der Waals surface area contributed by atoms with E-state index >= 15 is 0 Å². The molecule has 8 nitrogen and oxygen atoms in total. The Hall–Kier alpha value is -3.29. The molecular formula is C22H26N2O6. The smallest absolute Gasteiger partial charge is 0.341 e. The van der Waals surface area contributed by atoms with Crippen LogP contribution in [0.4, 0.5) is 5.69 Å². The third-order valence-corrected chi connectivity index (χ3v) is 4.93. The zero-order valence-corrected chi connectivity index (χ0v) is 17.5. The molecule has 8 heteroatoms. The molecule has 0 aliphatic carbocycles. The van der Waals surface area contributed by atoms with Crippen LogP contribution in [0.1, 0.15) is 46.1 Å². The minimum Gasteiger partial charge on any atom is -0.462 e. The van der Waals surface area contributed by atoms with Crippen molar-refractivity contribution in [2.75, 3.05) is 11.9 Å². The number of nitrogens with one attached hydrogen (secondary N) is 1. The maximum Gasteiger partial charge on any atom is 0.341 e. The number of hydrogen-bond acceptors (Lipinski definition) is 7. The molecule has 3 rings (SSSR count). The number of carbonyl (C=O) groups excluding carboxylic acids is 3. The fraction of sp³-hybridized carbons (Fsp3) is 0.409. The summed E-state index contributed by atoms with van der Waals surface area (Å²) in [5.74, 6) is -2.20. The van der Waals surface area contributed by atoms with Crippen molar-refractivity contribution in [3.63, 3.8) is 0 Å². The number of hydrogen-bond donors (Lipinski definition) is 2. The van der Waals surface area contributed by atoms with Crippen molar-refractivity contribution in [3.8, 4) is 0 Å². The molecule has 0 saturated heterocycles. The maximum absolute atomic E-state index is 13.5. The molecule has 2 aliphatic rings. The number of nitrogens with two attached hydrogens (primary N) is 1. The van der Waals surface area contributed by atoms with E-state index in [1.165, 1.54) is 0 Å². The van der Waals surface area contributed by atoms with Gasteiger partial charge in [0.2, 0.25) is 11.8 Å². The number of fused-ring (bicyclic) bond motifs is 2. The van der Waals surface area contributed by atoms with Crippen molar-refractivity contribution in [1.82, 2.24) is 0 Å². The van der Waals surface area contributed by atoms with Crippen molar-refractivity contribution < 1.29 is 28.6 Å². The number of rotatable bonds is 6. The molecule has 1 aromatic carbocycles. The van der Waals surface area contributed by atoms with E-state index in [1.54, 1.807) is 45.0 Å². The zero-order valence-electron chi connectivity index (χ0n) is 17.5. The standard InChI is InChI=1S/C22H26N2O6/c1-5-9-15-16(19(25)28-6-2)22(13-10-7-8-11-14(13)24-21(22)27)17(18(23)30-15)20(26)29-12(3)4/h7-8,10-12H,5-6,9,23H2,1-4H3,(H,24,27)/t22-/m1/s1. The average Bonchev–Trinajstić information content (AvgIpc) is 2.94. The molecule has 3 N–H and O–H groups in total. The van der Waals surface area contributed by atoms with Crippen LogP contribution in [0.15, 0.2) is 47.1 Å². The summed E-state index contributed by atoms with van der Waals surface area (Å²) < 4.78 is 16.4. The third-order valence-electron chi connectivity index (χ3n) is 4.93. The number of benzene rings is 1. The number of allylic oxidation sites excluding steroid dienone is 1. The van der Waals surface area contributed by atoms with Gasteiger partial charge in [-0.2, -0.15) is 0 Å². The van der Waals surface area contributed by atoms with Gasteiger partial charge in [-0.25, -0.2) is 9.59 Å². The fourth-order valence-electron chi connectivity index (χ4n) is 3.91. The lowest BCUT2D eigenvalue weighted by molar-refractivity contribution is -0.145. The van der Waals surface area contributed by atoms with E-state index in [9.17, 15) is 14.4 Å². The van der Waals surface area contributed by atoms with Gasteiger partial charge in [0.05, 0.1) is 12.7 Å². The van der Waals surface area contributed by atoms with E-state index < -0.39 is 29.4 Å². The maximum atomic E-state index is 13.5. The molecule has 0 fully saturated rings. The Morgan fingerprint density at radius 1 is 1.17 bits per heavy atom. The van der Waals surface area contributed by atoms with Crippen molar-refractivity contribution in [1.29, 1.82) is 0 Å². The molecule has 0 saturated carbocycles. The van der Waals surface area contributed by atoms with Crippen LogP contribution in [0.25, 0.3) is 0 Å². The number of amides is 1. The molecule has 160 valence electrons. The van der Waals surface area contributed by atoms with E-state index in [2.05, 4.69) is 5.32 Å². The Balaban J connectivity index is 2.38. The normalized spacial score (nSPS) is 20.2. The highest BCUT2D eigenvalue weighted by Crippen LogP contribution is 2.53. The van der Waals surface area contributed by atoms with Gasteiger partial charge in [-0.3, -0.25) is 4.79 Å². The number of carbonyl (C=O) groups is 3. The summed E-state index contributed by atoms with van der Waals surface area (Å²) in [7, 11) is 0. The monoisotopic (exact) mass is 414 g/mol. The van der Waals surface area contributed by atoms with Gasteiger partial charge in [0.1, 0.15) is 22.3 Å². The lowest BCUT2D eigenvalue weighted by Crippen LogP contribution is -2.49. The van der Waals surface area contributed by atoms with Crippen LogP contribution in [0, 0.1) is 0 Å². The molecule has 30 heavy (non-hydrogen) atoms. The van der Waals surface area contributed by atoms with Gasteiger partial charge in [0.15, 0.2) is 0 Å². The molecule has 0 radical (unpaired) electrons. The summed E-state index contributed by atoms with van der Waals surface area (Å²) in [6, 6.07) is 6.84. The summed E-state index contributed by atoms with van der Waals surface area (Å²) in [5, 5.41) is 2.77. The second kappa shape index (κ2) is 8.22. The predicted octanol–water partition coefficient (Wildman–Crippen LogP) is 2.65. The molecule has 1 atom stereocenters. The second-order valence-corrected chi connectivity index (χ2v) is 7.31. The van der Waals surface area contributed by atoms with Crippen LogP contribution in [0.2, 0.25) is 0 Å². The summed E-state index contributed by atoms with van der Waals surface area (Å²) >= 11 is 0. The fourth-order valence-corrected chi connectivity index (χ4v) is 3.91. The van der Waals surface area contributed by atoms with Crippen molar-refractivity contribution >= 4 is 23.5 Å². The van der Waals surface area contributed by atoms with Gasteiger partial charge < -0.3 is 25.3 Å². The van der Waals surface area contributed by atoms with Crippen LogP contribution in [-0.2, 0) is 34.0 Å². The largest absolute Gasteiger partial charge is 0.462 e. The summed E-state index contributed by atoms with van der Waals surface area (Å²) in [4.78, 5) is 39.8. The Bertz CT molecular complexity index is 962. The molecule has 0 aromatic heterocycles. The second-order valence-electron chi connectivity index (χ2n) is 7.31. The number of ether oxygens (including phenoxy) is 3. The molecule has 1 amide bonds. The minimum absolute atomic E-state index is 0.0430. The van der Waals surface area contributed by atoms with Crippen LogP contribution in [-0.4, -0.2) is 30.6 Å². The van der Waals surface area contributed by atoms with Crippen LogP contribution >= 0.6 is 0 Å². The van der Waals surface area contributed by atoms with Gasteiger partial charge in [0.25, 0.3) is 0 Å². The number of para-hydroxylation sites is 1. The molecular weight excluding hydrogens is 388 g/mol. The first kappa shape index (κ1) is 21.4. The van der Waals surface area contributed by atoms with E-state index in [4.69, 9.17) is 19.9 Å². The first-order chi connectivity index (χ1) is 14.3. The Kier molecular flexibility index (Phi) is 5.87. The summed E-state index contributed by atoms with van der Waals surface area (Å²) in [6.45, 7) is 7.01. The lowest BCUT2D eigenvalue weighted by Gasteiger charge is -2.36. The SMILES string of the molecule is CCCC1=C(C(=O)OCC)[C@@]2(C(=O)Nc3ccccc32)C(C(=O)OC(C)C)=C(N)O1. The average molecular weight is 414 g/mol. The molecule has 0 bridgehead atoms. The Labute approximate surface area is 175 Å².